The molecule has 0 bridgehead atoms. The Balaban J connectivity index is 4.45. The molecule has 0 spiro atoms. The van der Waals surface area contributed by atoms with Crippen LogP contribution in [0.25, 0.3) is 0 Å². The minimum absolute atomic E-state index is 0.139. The highest BCUT2D eigenvalue weighted by atomic mass is 16.6. The average Bonchev–Trinajstić information content (AvgIpc) is 2.60. The van der Waals surface area contributed by atoms with Gasteiger partial charge in [-0.25, -0.2) is 14.4 Å². The number of ether oxygens (including phenoxy) is 3. The topological polar surface area (TPSA) is 123 Å². The Kier molecular flexibility index (Phi) is 12.6. The van der Waals surface area contributed by atoms with Gasteiger partial charge in [0.1, 0.15) is 11.2 Å². The van der Waals surface area contributed by atoms with Crippen molar-refractivity contribution in [3.63, 3.8) is 0 Å². The summed E-state index contributed by atoms with van der Waals surface area (Å²) in [7, 11) is 0. The predicted molar refractivity (Wildman–Crippen MR) is 116 cm³/mol. The Bertz CT molecular complexity index is 595. The van der Waals surface area contributed by atoms with Crippen LogP contribution < -0.4 is 10.6 Å². The van der Waals surface area contributed by atoms with Crippen molar-refractivity contribution in [2.24, 2.45) is 0 Å². The lowest BCUT2D eigenvalue weighted by Crippen LogP contribution is -2.40. The summed E-state index contributed by atoms with van der Waals surface area (Å²) < 4.78 is 15.2. The first-order valence-corrected chi connectivity index (χ1v) is 10.6. The summed E-state index contributed by atoms with van der Waals surface area (Å²) in [6, 6.07) is 0. The highest BCUT2D eigenvalue weighted by Crippen LogP contribution is 2.11. The molecule has 31 heavy (non-hydrogen) atoms. The van der Waals surface area contributed by atoms with E-state index in [9.17, 15) is 19.2 Å². The second-order valence-electron chi connectivity index (χ2n) is 8.93. The first-order valence-electron chi connectivity index (χ1n) is 10.6. The number of hydrogen-bond acceptors (Lipinski definition) is 7. The Morgan fingerprint density at radius 1 is 0.774 bits per heavy atom. The minimum Gasteiger partial charge on any atom is -0.459 e. The van der Waals surface area contributed by atoms with E-state index in [2.05, 4.69) is 15.4 Å². The van der Waals surface area contributed by atoms with Gasteiger partial charge in [-0.3, -0.25) is 4.79 Å². The number of hydrogen-bond donors (Lipinski definition) is 2. The summed E-state index contributed by atoms with van der Waals surface area (Å²) in [6.45, 7) is 13.9. The van der Waals surface area contributed by atoms with Gasteiger partial charge in [0, 0.05) is 26.2 Å². The average molecular weight is 446 g/mol. The molecular formula is C21H39N3O7. The quantitative estimate of drug-likeness (QED) is 0.229. The van der Waals surface area contributed by atoms with Crippen LogP contribution in [0.3, 0.4) is 0 Å². The fraction of sp³-hybridized carbons (Fsp3) is 0.810. The van der Waals surface area contributed by atoms with E-state index in [4.69, 9.17) is 9.47 Å². The number of alkyl carbamates (subject to hydrolysis) is 1. The summed E-state index contributed by atoms with van der Waals surface area (Å²) in [5.74, 6) is -1.69. The molecule has 0 aromatic rings. The van der Waals surface area contributed by atoms with Crippen LogP contribution in [-0.4, -0.2) is 73.0 Å². The molecule has 0 heterocycles. The molecule has 0 aromatic carbocycles. The van der Waals surface area contributed by atoms with E-state index in [-0.39, 0.29) is 6.61 Å². The Morgan fingerprint density at radius 2 is 1.32 bits per heavy atom. The standard InChI is InChI=1S/C21H39N3O7/c1-8-29-17(26)16(25)22-12-9-10-14-24(19(28)31-21(5,6)7)15-11-13-23-18(27)30-20(2,3)4/h8-15H2,1-7H3,(H,22,25)(H,23,27). The molecule has 3 amide bonds. The zero-order valence-electron chi connectivity index (χ0n) is 20.0. The van der Waals surface area contributed by atoms with Gasteiger partial charge >= 0.3 is 24.1 Å². The van der Waals surface area contributed by atoms with Gasteiger partial charge < -0.3 is 29.7 Å². The largest absolute Gasteiger partial charge is 0.459 e. The molecule has 0 fully saturated rings. The smallest absolute Gasteiger partial charge is 0.410 e. The molecule has 0 unspecified atom stereocenters. The lowest BCUT2D eigenvalue weighted by Gasteiger charge is -2.27. The van der Waals surface area contributed by atoms with E-state index < -0.39 is 35.3 Å². The van der Waals surface area contributed by atoms with Gasteiger partial charge in [-0.05, 0) is 67.7 Å². The lowest BCUT2D eigenvalue weighted by molar-refractivity contribution is -0.154. The molecule has 180 valence electrons. The highest BCUT2D eigenvalue weighted by Gasteiger charge is 2.22. The molecule has 0 aromatic heterocycles. The maximum absolute atomic E-state index is 12.5. The Labute approximate surface area is 185 Å². The molecule has 0 aliphatic heterocycles. The zero-order valence-corrected chi connectivity index (χ0v) is 20.0. The number of unbranched alkanes of at least 4 members (excludes halogenated alkanes) is 1. The Morgan fingerprint density at radius 3 is 1.87 bits per heavy atom. The van der Waals surface area contributed by atoms with Crippen molar-refractivity contribution >= 4 is 24.1 Å². The molecule has 0 radical (unpaired) electrons. The third-order valence-corrected chi connectivity index (χ3v) is 3.53. The van der Waals surface area contributed by atoms with Crippen molar-refractivity contribution in [2.45, 2.75) is 78.9 Å². The van der Waals surface area contributed by atoms with E-state index in [0.717, 1.165) is 0 Å². The van der Waals surface area contributed by atoms with E-state index >= 15 is 0 Å². The lowest BCUT2D eigenvalue weighted by atomic mass is 10.2. The molecule has 2 N–H and O–H groups in total. The molecule has 0 saturated heterocycles. The molecule has 10 heteroatoms. The maximum Gasteiger partial charge on any atom is 0.410 e. The highest BCUT2D eigenvalue weighted by molar-refractivity contribution is 6.32. The molecule has 0 rings (SSSR count). The number of nitrogens with one attached hydrogen (secondary N) is 2. The van der Waals surface area contributed by atoms with Gasteiger partial charge in [-0.2, -0.15) is 0 Å². The second kappa shape index (κ2) is 13.7. The van der Waals surface area contributed by atoms with Gasteiger partial charge in [0.05, 0.1) is 6.61 Å². The summed E-state index contributed by atoms with van der Waals surface area (Å²) in [5.41, 5.74) is -1.20. The van der Waals surface area contributed by atoms with E-state index in [1.165, 1.54) is 0 Å². The van der Waals surface area contributed by atoms with Gasteiger partial charge in [0.25, 0.3) is 0 Å². The number of rotatable bonds is 10. The van der Waals surface area contributed by atoms with Gasteiger partial charge in [-0.15, -0.1) is 0 Å². The minimum atomic E-state index is -0.907. The summed E-state index contributed by atoms with van der Waals surface area (Å²) >= 11 is 0. The van der Waals surface area contributed by atoms with Crippen molar-refractivity contribution in [3.05, 3.63) is 0 Å². The second-order valence-corrected chi connectivity index (χ2v) is 8.93. The fourth-order valence-corrected chi connectivity index (χ4v) is 2.29. The van der Waals surface area contributed by atoms with Crippen LogP contribution in [0.2, 0.25) is 0 Å². The van der Waals surface area contributed by atoms with Crippen LogP contribution in [-0.2, 0) is 23.8 Å². The summed E-state index contributed by atoms with van der Waals surface area (Å²) in [6.07, 6.45) is 0.745. The molecule has 0 aliphatic rings. The molecule has 0 saturated carbocycles. The molecule has 0 aliphatic carbocycles. The molecular weight excluding hydrogens is 406 g/mol. The van der Waals surface area contributed by atoms with Crippen LogP contribution in [0.4, 0.5) is 9.59 Å². The van der Waals surface area contributed by atoms with Crippen molar-refractivity contribution < 1.29 is 33.4 Å². The number of nitrogens with zero attached hydrogens (tertiary/aromatic N) is 1. The van der Waals surface area contributed by atoms with Gasteiger partial charge in [-0.1, -0.05) is 0 Å². The van der Waals surface area contributed by atoms with E-state index in [0.29, 0.717) is 45.4 Å². The van der Waals surface area contributed by atoms with Crippen LogP contribution in [0.5, 0.6) is 0 Å². The third-order valence-electron chi connectivity index (χ3n) is 3.53. The van der Waals surface area contributed by atoms with Crippen LogP contribution in [0, 0.1) is 0 Å². The van der Waals surface area contributed by atoms with Crippen LogP contribution in [0.15, 0.2) is 0 Å². The zero-order chi connectivity index (χ0) is 24.1. The first-order chi connectivity index (χ1) is 14.2. The number of amides is 3. The van der Waals surface area contributed by atoms with Crippen molar-refractivity contribution in [2.75, 3.05) is 32.8 Å². The predicted octanol–water partition coefficient (Wildman–Crippen LogP) is 2.60. The number of esters is 1. The van der Waals surface area contributed by atoms with E-state index in [1.54, 1.807) is 53.4 Å². The van der Waals surface area contributed by atoms with Gasteiger partial charge in [0.15, 0.2) is 0 Å². The summed E-state index contributed by atoms with van der Waals surface area (Å²) in [5, 5.41) is 5.14. The van der Waals surface area contributed by atoms with Crippen molar-refractivity contribution in [1.82, 2.24) is 15.5 Å². The van der Waals surface area contributed by atoms with Crippen molar-refractivity contribution in [1.29, 1.82) is 0 Å². The maximum atomic E-state index is 12.5. The number of carbonyl (C=O) groups excluding carboxylic acids is 4. The Hall–Kier alpha value is -2.52. The summed E-state index contributed by atoms with van der Waals surface area (Å²) in [4.78, 5) is 48.5. The first kappa shape index (κ1) is 28.5. The normalized spacial score (nSPS) is 11.3. The monoisotopic (exact) mass is 445 g/mol. The van der Waals surface area contributed by atoms with Crippen LogP contribution in [0.1, 0.15) is 67.7 Å². The third kappa shape index (κ3) is 15.9. The van der Waals surface area contributed by atoms with Crippen LogP contribution >= 0.6 is 0 Å². The molecule has 10 nitrogen and oxygen atoms in total. The SMILES string of the molecule is CCOC(=O)C(=O)NCCCCN(CCCNC(=O)OC(C)(C)C)C(=O)OC(C)(C)C. The molecule has 0 atom stereocenters. The number of carbonyl (C=O) groups is 4. The van der Waals surface area contributed by atoms with Crippen molar-refractivity contribution in [3.8, 4) is 0 Å². The van der Waals surface area contributed by atoms with E-state index in [1.807, 2.05) is 0 Å². The fourth-order valence-electron chi connectivity index (χ4n) is 2.29. The van der Waals surface area contributed by atoms with Gasteiger partial charge in [0.2, 0.25) is 0 Å².